The molecule has 0 heterocycles. The summed E-state index contributed by atoms with van der Waals surface area (Å²) in [6.45, 7) is 0.420. The SMILES string of the molecule is COc1ccc(CNC(=O)CN)cc1OC. The minimum Gasteiger partial charge on any atom is -0.493 e. The Morgan fingerprint density at radius 3 is 2.56 bits per heavy atom. The van der Waals surface area contributed by atoms with Gasteiger partial charge in [0, 0.05) is 6.54 Å². The number of carbonyl (C=O) groups is 1. The van der Waals surface area contributed by atoms with Crippen LogP contribution < -0.4 is 20.5 Å². The standard InChI is InChI=1S/C11H16N2O3/c1-15-9-4-3-8(5-10(9)16-2)7-13-11(14)6-12/h3-5H,6-7,12H2,1-2H3,(H,13,14). The van der Waals surface area contributed by atoms with Gasteiger partial charge >= 0.3 is 0 Å². The second kappa shape index (κ2) is 5.97. The van der Waals surface area contributed by atoms with Crippen molar-refractivity contribution in [1.82, 2.24) is 5.32 Å². The zero-order valence-corrected chi connectivity index (χ0v) is 9.45. The molecule has 0 atom stereocenters. The van der Waals surface area contributed by atoms with Gasteiger partial charge in [-0.05, 0) is 17.7 Å². The summed E-state index contributed by atoms with van der Waals surface area (Å²) in [5.74, 6) is 1.12. The van der Waals surface area contributed by atoms with E-state index in [1.807, 2.05) is 12.1 Å². The van der Waals surface area contributed by atoms with E-state index in [1.54, 1.807) is 20.3 Å². The van der Waals surface area contributed by atoms with E-state index < -0.39 is 0 Å². The third-order valence-corrected chi connectivity index (χ3v) is 2.12. The zero-order valence-electron chi connectivity index (χ0n) is 9.45. The maximum atomic E-state index is 11.0. The van der Waals surface area contributed by atoms with Crippen molar-refractivity contribution in [3.8, 4) is 11.5 Å². The van der Waals surface area contributed by atoms with Gasteiger partial charge in [-0.2, -0.15) is 0 Å². The van der Waals surface area contributed by atoms with Crippen molar-refractivity contribution in [2.75, 3.05) is 20.8 Å². The van der Waals surface area contributed by atoms with Crippen LogP contribution in [0.2, 0.25) is 0 Å². The molecule has 1 aromatic rings. The predicted octanol–water partition coefficient (Wildman–Crippen LogP) is 0.279. The van der Waals surface area contributed by atoms with E-state index in [4.69, 9.17) is 15.2 Å². The molecule has 0 aliphatic carbocycles. The molecule has 0 radical (unpaired) electrons. The third kappa shape index (κ3) is 3.13. The second-order valence-corrected chi connectivity index (χ2v) is 3.17. The Kier molecular flexibility index (Phi) is 4.60. The van der Waals surface area contributed by atoms with Crippen LogP contribution in [-0.4, -0.2) is 26.7 Å². The van der Waals surface area contributed by atoms with Crippen LogP contribution in [-0.2, 0) is 11.3 Å². The van der Waals surface area contributed by atoms with Gasteiger partial charge in [0.25, 0.3) is 0 Å². The molecule has 0 unspecified atom stereocenters. The average Bonchev–Trinajstić information content (AvgIpc) is 2.35. The van der Waals surface area contributed by atoms with Gasteiger partial charge in [0.15, 0.2) is 11.5 Å². The van der Waals surface area contributed by atoms with Crippen LogP contribution in [0.3, 0.4) is 0 Å². The minimum absolute atomic E-state index is 0.00666. The van der Waals surface area contributed by atoms with Gasteiger partial charge in [-0.15, -0.1) is 0 Å². The van der Waals surface area contributed by atoms with Crippen LogP contribution in [0.1, 0.15) is 5.56 Å². The summed E-state index contributed by atoms with van der Waals surface area (Å²) < 4.78 is 10.3. The maximum Gasteiger partial charge on any atom is 0.234 e. The number of amides is 1. The molecule has 3 N–H and O–H groups in total. The molecule has 5 nitrogen and oxygen atoms in total. The first kappa shape index (κ1) is 12.3. The van der Waals surface area contributed by atoms with Crippen LogP contribution >= 0.6 is 0 Å². The molecule has 88 valence electrons. The van der Waals surface area contributed by atoms with Crippen molar-refractivity contribution in [3.05, 3.63) is 23.8 Å². The molecule has 0 fully saturated rings. The summed E-state index contributed by atoms with van der Waals surface area (Å²) in [7, 11) is 3.15. The van der Waals surface area contributed by atoms with Gasteiger partial charge < -0.3 is 20.5 Å². The first-order valence-electron chi connectivity index (χ1n) is 4.89. The molecule has 1 amide bonds. The smallest absolute Gasteiger partial charge is 0.234 e. The van der Waals surface area contributed by atoms with Crippen LogP contribution in [0.5, 0.6) is 11.5 Å². The fraction of sp³-hybridized carbons (Fsp3) is 0.364. The summed E-state index contributed by atoms with van der Waals surface area (Å²) >= 11 is 0. The van der Waals surface area contributed by atoms with Gasteiger partial charge in [-0.1, -0.05) is 6.07 Å². The Labute approximate surface area is 94.5 Å². The molecule has 0 spiro atoms. The first-order valence-corrected chi connectivity index (χ1v) is 4.89. The summed E-state index contributed by atoms with van der Waals surface area (Å²) in [6.07, 6.45) is 0. The van der Waals surface area contributed by atoms with Crippen LogP contribution in [0, 0.1) is 0 Å². The number of nitrogens with one attached hydrogen (secondary N) is 1. The molecule has 5 heteroatoms. The Hall–Kier alpha value is -1.75. The molecule has 1 rings (SSSR count). The number of hydrogen-bond acceptors (Lipinski definition) is 4. The lowest BCUT2D eigenvalue weighted by Gasteiger charge is -2.09. The van der Waals surface area contributed by atoms with Crippen molar-refractivity contribution in [3.63, 3.8) is 0 Å². The quantitative estimate of drug-likeness (QED) is 0.753. The lowest BCUT2D eigenvalue weighted by atomic mass is 10.2. The van der Waals surface area contributed by atoms with Crippen molar-refractivity contribution in [1.29, 1.82) is 0 Å². The van der Waals surface area contributed by atoms with Gasteiger partial charge in [-0.3, -0.25) is 4.79 Å². The summed E-state index contributed by atoms with van der Waals surface area (Å²) in [5.41, 5.74) is 6.11. The van der Waals surface area contributed by atoms with Crippen molar-refractivity contribution < 1.29 is 14.3 Å². The summed E-state index contributed by atoms with van der Waals surface area (Å²) in [5, 5.41) is 2.68. The van der Waals surface area contributed by atoms with E-state index in [-0.39, 0.29) is 12.5 Å². The van der Waals surface area contributed by atoms with E-state index >= 15 is 0 Å². The number of methoxy groups -OCH3 is 2. The topological polar surface area (TPSA) is 73.6 Å². The highest BCUT2D eigenvalue weighted by Crippen LogP contribution is 2.27. The number of benzene rings is 1. The fourth-order valence-electron chi connectivity index (χ4n) is 1.26. The summed E-state index contributed by atoms with van der Waals surface area (Å²) in [6, 6.07) is 5.47. The number of ether oxygens (including phenoxy) is 2. The molecule has 0 bridgehead atoms. The summed E-state index contributed by atoms with van der Waals surface area (Å²) in [4.78, 5) is 11.0. The predicted molar refractivity (Wildman–Crippen MR) is 60.4 cm³/mol. The highest BCUT2D eigenvalue weighted by molar-refractivity contribution is 5.77. The lowest BCUT2D eigenvalue weighted by molar-refractivity contribution is -0.119. The Bertz CT molecular complexity index is 366. The van der Waals surface area contributed by atoms with Crippen LogP contribution in [0.25, 0.3) is 0 Å². The molecule has 0 saturated heterocycles. The van der Waals surface area contributed by atoms with Crippen LogP contribution in [0.4, 0.5) is 0 Å². The van der Waals surface area contributed by atoms with E-state index in [9.17, 15) is 4.79 Å². The van der Waals surface area contributed by atoms with Crippen molar-refractivity contribution in [2.24, 2.45) is 5.73 Å². The third-order valence-electron chi connectivity index (χ3n) is 2.12. The number of hydrogen-bond donors (Lipinski definition) is 2. The van der Waals surface area contributed by atoms with Crippen LogP contribution in [0.15, 0.2) is 18.2 Å². The largest absolute Gasteiger partial charge is 0.493 e. The lowest BCUT2D eigenvalue weighted by Crippen LogP contribution is -2.29. The average molecular weight is 224 g/mol. The van der Waals surface area contributed by atoms with Gasteiger partial charge in [0.2, 0.25) is 5.91 Å². The van der Waals surface area contributed by atoms with Gasteiger partial charge in [-0.25, -0.2) is 0 Å². The van der Waals surface area contributed by atoms with E-state index in [1.165, 1.54) is 0 Å². The van der Waals surface area contributed by atoms with Crippen molar-refractivity contribution in [2.45, 2.75) is 6.54 Å². The Morgan fingerprint density at radius 2 is 2.00 bits per heavy atom. The second-order valence-electron chi connectivity index (χ2n) is 3.17. The fourth-order valence-corrected chi connectivity index (χ4v) is 1.26. The molecule has 1 aromatic carbocycles. The highest BCUT2D eigenvalue weighted by Gasteiger charge is 2.05. The van der Waals surface area contributed by atoms with E-state index in [0.717, 1.165) is 5.56 Å². The molecular formula is C11H16N2O3. The highest BCUT2D eigenvalue weighted by atomic mass is 16.5. The first-order chi connectivity index (χ1) is 7.71. The Morgan fingerprint density at radius 1 is 1.31 bits per heavy atom. The monoisotopic (exact) mass is 224 g/mol. The molecular weight excluding hydrogens is 208 g/mol. The van der Waals surface area contributed by atoms with E-state index in [0.29, 0.717) is 18.0 Å². The normalized spacial score (nSPS) is 9.69. The zero-order chi connectivity index (χ0) is 12.0. The molecule has 0 aromatic heterocycles. The van der Waals surface area contributed by atoms with E-state index in [2.05, 4.69) is 5.32 Å². The maximum absolute atomic E-state index is 11.0. The number of rotatable bonds is 5. The molecule has 0 aliphatic heterocycles. The minimum atomic E-state index is -0.185. The van der Waals surface area contributed by atoms with Gasteiger partial charge in [0.05, 0.1) is 20.8 Å². The van der Waals surface area contributed by atoms with Gasteiger partial charge in [0.1, 0.15) is 0 Å². The molecule has 16 heavy (non-hydrogen) atoms. The number of carbonyl (C=O) groups excluding carboxylic acids is 1. The number of nitrogens with two attached hydrogens (primary N) is 1. The molecule has 0 aliphatic rings. The Balaban J connectivity index is 2.71. The van der Waals surface area contributed by atoms with Crippen molar-refractivity contribution >= 4 is 5.91 Å². The molecule has 0 saturated carbocycles.